The third-order valence-electron chi connectivity index (χ3n) is 2.44. The molecule has 0 aliphatic rings. The van der Waals surface area contributed by atoms with Crippen LogP contribution in [0.1, 0.15) is 11.4 Å². The summed E-state index contributed by atoms with van der Waals surface area (Å²) in [6.07, 6.45) is 2.75. The number of rotatable bonds is 2. The van der Waals surface area contributed by atoms with Crippen molar-refractivity contribution in [3.05, 3.63) is 39.8 Å². The monoisotopic (exact) mass is 248 g/mol. The Morgan fingerprint density at radius 3 is 3.12 bits per heavy atom. The van der Waals surface area contributed by atoms with E-state index in [0.717, 1.165) is 11.1 Å². The Kier molecular flexibility index (Phi) is 2.25. The van der Waals surface area contributed by atoms with Crippen molar-refractivity contribution in [2.75, 3.05) is 0 Å². The van der Waals surface area contributed by atoms with Crippen molar-refractivity contribution in [2.24, 2.45) is 0 Å². The van der Waals surface area contributed by atoms with E-state index in [1.54, 1.807) is 0 Å². The van der Waals surface area contributed by atoms with E-state index in [1.807, 2.05) is 12.3 Å². The van der Waals surface area contributed by atoms with Crippen molar-refractivity contribution in [1.82, 2.24) is 19.7 Å². The highest BCUT2D eigenvalue weighted by Crippen LogP contribution is 2.19. The summed E-state index contributed by atoms with van der Waals surface area (Å²) < 4.78 is 6.76. The molecule has 0 radical (unpaired) electrons. The number of hydrogen-bond acceptors (Lipinski definition) is 6. The van der Waals surface area contributed by atoms with Gasteiger partial charge < -0.3 is 4.52 Å². The van der Waals surface area contributed by atoms with Crippen LogP contribution in [0.5, 0.6) is 0 Å². The predicted octanol–water partition coefficient (Wildman–Crippen LogP) is 1.20. The van der Waals surface area contributed by atoms with Gasteiger partial charge in [-0.3, -0.25) is 9.36 Å². The molecule has 3 aromatic rings. The van der Waals surface area contributed by atoms with E-state index in [0.29, 0.717) is 10.5 Å². The summed E-state index contributed by atoms with van der Waals surface area (Å²) in [5.74, 6) is 0.460. The molecule has 0 fully saturated rings. The van der Waals surface area contributed by atoms with Gasteiger partial charge in [-0.15, -0.1) is 11.3 Å². The lowest BCUT2D eigenvalue weighted by atomic mass is 10.3. The van der Waals surface area contributed by atoms with E-state index >= 15 is 0 Å². The zero-order chi connectivity index (χ0) is 11.8. The molecule has 7 heteroatoms. The van der Waals surface area contributed by atoms with E-state index in [2.05, 4.69) is 19.6 Å². The van der Waals surface area contributed by atoms with E-state index in [1.165, 1.54) is 28.6 Å². The van der Waals surface area contributed by atoms with E-state index in [9.17, 15) is 4.79 Å². The number of nitrogens with zero attached hydrogens (tertiary/aromatic N) is 4. The highest BCUT2D eigenvalue weighted by atomic mass is 32.1. The Morgan fingerprint density at radius 1 is 1.47 bits per heavy atom. The number of hydrogen-bond donors (Lipinski definition) is 0. The van der Waals surface area contributed by atoms with Crippen molar-refractivity contribution in [1.29, 1.82) is 0 Å². The molecule has 0 saturated heterocycles. The zero-order valence-electron chi connectivity index (χ0n) is 8.95. The minimum Gasteiger partial charge on any atom is -0.343 e. The lowest BCUT2D eigenvalue weighted by Crippen LogP contribution is -2.20. The second-order valence-corrected chi connectivity index (χ2v) is 4.50. The quantitative estimate of drug-likeness (QED) is 0.681. The van der Waals surface area contributed by atoms with Crippen LogP contribution in [0.4, 0.5) is 0 Å². The molecule has 3 heterocycles. The van der Waals surface area contributed by atoms with Crippen molar-refractivity contribution in [2.45, 2.75) is 13.5 Å². The largest absolute Gasteiger partial charge is 0.343 e. The minimum absolute atomic E-state index is 0.0714. The molecule has 0 atom stereocenters. The van der Waals surface area contributed by atoms with Gasteiger partial charge >= 0.3 is 0 Å². The van der Waals surface area contributed by atoms with Crippen LogP contribution in [0.3, 0.4) is 0 Å². The van der Waals surface area contributed by atoms with Gasteiger partial charge in [0.1, 0.15) is 4.70 Å². The van der Waals surface area contributed by atoms with Gasteiger partial charge in [0.2, 0.25) is 6.39 Å². The summed E-state index contributed by atoms with van der Waals surface area (Å²) in [5.41, 5.74) is 1.72. The first-order chi connectivity index (χ1) is 8.25. The minimum atomic E-state index is -0.0714. The van der Waals surface area contributed by atoms with Gasteiger partial charge in [0.15, 0.2) is 5.82 Å². The topological polar surface area (TPSA) is 73.8 Å². The Balaban J connectivity index is 2.12. The van der Waals surface area contributed by atoms with Crippen molar-refractivity contribution in [3.63, 3.8) is 0 Å². The molecule has 6 nitrogen and oxygen atoms in total. The fourth-order valence-corrected chi connectivity index (χ4v) is 2.54. The summed E-state index contributed by atoms with van der Waals surface area (Å²) in [6.45, 7) is 2.21. The van der Waals surface area contributed by atoms with Crippen LogP contribution in [0.25, 0.3) is 10.2 Å². The molecule has 0 N–H and O–H groups in total. The molecular formula is C10H8N4O2S. The average Bonchev–Trinajstić information content (AvgIpc) is 2.93. The SMILES string of the molecule is Cc1csc2c(=O)n(Cc3ncon3)cnc12. The molecule has 0 saturated carbocycles. The Bertz CT molecular complexity index is 714. The molecular weight excluding hydrogens is 240 g/mol. The first-order valence-corrected chi connectivity index (χ1v) is 5.82. The molecule has 17 heavy (non-hydrogen) atoms. The van der Waals surface area contributed by atoms with Crippen LogP contribution in [0.2, 0.25) is 0 Å². The van der Waals surface area contributed by atoms with Crippen molar-refractivity contribution < 1.29 is 4.52 Å². The third kappa shape index (κ3) is 1.64. The molecule has 86 valence electrons. The van der Waals surface area contributed by atoms with E-state index in [4.69, 9.17) is 0 Å². The van der Waals surface area contributed by atoms with E-state index in [-0.39, 0.29) is 12.1 Å². The summed E-state index contributed by atoms with van der Waals surface area (Å²) in [4.78, 5) is 20.3. The summed E-state index contributed by atoms with van der Waals surface area (Å²) in [6, 6.07) is 0. The number of aryl methyl sites for hydroxylation is 1. The van der Waals surface area contributed by atoms with Crippen LogP contribution in [-0.2, 0) is 6.54 Å². The Morgan fingerprint density at radius 2 is 2.35 bits per heavy atom. The van der Waals surface area contributed by atoms with Gasteiger partial charge in [-0.25, -0.2) is 4.98 Å². The maximum Gasteiger partial charge on any atom is 0.271 e. The second kappa shape index (κ2) is 3.77. The van der Waals surface area contributed by atoms with Crippen LogP contribution < -0.4 is 5.56 Å². The van der Waals surface area contributed by atoms with Gasteiger partial charge in [0.05, 0.1) is 18.4 Å². The lowest BCUT2D eigenvalue weighted by Gasteiger charge is -2.01. The van der Waals surface area contributed by atoms with Gasteiger partial charge in [0.25, 0.3) is 5.56 Å². The highest BCUT2D eigenvalue weighted by molar-refractivity contribution is 7.17. The number of aromatic nitrogens is 4. The maximum absolute atomic E-state index is 12.1. The number of fused-ring (bicyclic) bond motifs is 1. The van der Waals surface area contributed by atoms with Crippen molar-refractivity contribution >= 4 is 21.6 Å². The molecule has 0 aliphatic heterocycles. The summed E-state index contributed by atoms with van der Waals surface area (Å²) in [7, 11) is 0. The van der Waals surface area contributed by atoms with Crippen LogP contribution in [0, 0.1) is 6.92 Å². The Labute approximate surface area is 99.5 Å². The molecule has 0 unspecified atom stereocenters. The molecule has 3 aromatic heterocycles. The molecule has 3 rings (SSSR count). The smallest absolute Gasteiger partial charge is 0.271 e. The highest BCUT2D eigenvalue weighted by Gasteiger charge is 2.09. The molecule has 0 aromatic carbocycles. The summed E-state index contributed by atoms with van der Waals surface area (Å²) in [5, 5.41) is 5.60. The molecule has 0 spiro atoms. The van der Waals surface area contributed by atoms with Gasteiger partial charge in [-0.05, 0) is 17.9 Å². The zero-order valence-corrected chi connectivity index (χ0v) is 9.77. The first-order valence-electron chi connectivity index (χ1n) is 4.94. The maximum atomic E-state index is 12.1. The summed E-state index contributed by atoms with van der Waals surface area (Å²) >= 11 is 1.41. The van der Waals surface area contributed by atoms with Crippen LogP contribution >= 0.6 is 11.3 Å². The van der Waals surface area contributed by atoms with Gasteiger partial charge in [0, 0.05) is 0 Å². The fourth-order valence-electron chi connectivity index (χ4n) is 1.59. The number of thiophene rings is 1. The van der Waals surface area contributed by atoms with Gasteiger partial charge in [-0.2, -0.15) is 4.98 Å². The van der Waals surface area contributed by atoms with E-state index < -0.39 is 0 Å². The van der Waals surface area contributed by atoms with Crippen LogP contribution in [-0.4, -0.2) is 19.7 Å². The lowest BCUT2D eigenvalue weighted by molar-refractivity contribution is 0.408. The molecule has 0 aliphatic carbocycles. The first kappa shape index (κ1) is 10.2. The average molecular weight is 248 g/mol. The second-order valence-electron chi connectivity index (χ2n) is 3.62. The Hall–Kier alpha value is -2.02. The molecule has 0 bridgehead atoms. The third-order valence-corrected chi connectivity index (χ3v) is 3.52. The van der Waals surface area contributed by atoms with Crippen LogP contribution in [0.15, 0.2) is 27.4 Å². The molecule has 0 amide bonds. The predicted molar refractivity (Wildman–Crippen MR) is 62.0 cm³/mol. The standard InChI is InChI=1S/C10H8N4O2S/c1-6-3-17-9-8(6)11-4-14(10(9)15)2-7-12-5-16-13-7/h3-5H,2H2,1H3. The fraction of sp³-hybridized carbons (Fsp3) is 0.200. The van der Waals surface area contributed by atoms with Crippen molar-refractivity contribution in [3.8, 4) is 0 Å². The van der Waals surface area contributed by atoms with Gasteiger partial charge in [-0.1, -0.05) is 5.16 Å². The normalized spacial score (nSPS) is 11.1.